The van der Waals surface area contributed by atoms with Crippen molar-refractivity contribution in [2.24, 2.45) is 0 Å². The van der Waals surface area contributed by atoms with E-state index < -0.39 is 0 Å². The topological polar surface area (TPSA) is 32.3 Å². The molecule has 1 aliphatic rings. The largest absolute Gasteiger partial charge is 1.00 e. The zero-order valence-electron chi connectivity index (χ0n) is 12.0. The maximum atomic E-state index is 8.87. The molecular weight excluding hydrogens is 360 g/mol. The molecule has 0 aromatic rings. The zero-order valence-corrected chi connectivity index (χ0v) is 15.9. The van der Waals surface area contributed by atoms with Gasteiger partial charge in [-0.15, -0.1) is 0 Å². The molecular formula is C14H22Cl2NOZr. The summed E-state index contributed by atoms with van der Waals surface area (Å²) >= 11 is 1.44. The van der Waals surface area contributed by atoms with E-state index in [1.165, 1.54) is 44.8 Å². The SMILES string of the molecule is CC(CCCO)=C1C=CC(NC(C)(C)C)=[C]1[Zr+2].[Cl-].[Cl-]. The average Bonchev–Trinajstić information content (AvgIpc) is 2.55. The fourth-order valence-corrected chi connectivity index (χ4v) is 2.91. The number of halogens is 2. The molecule has 1 aliphatic carbocycles. The third-order valence-corrected chi connectivity index (χ3v) is 3.96. The fourth-order valence-electron chi connectivity index (χ4n) is 1.82. The van der Waals surface area contributed by atoms with Gasteiger partial charge in [-0.2, -0.15) is 0 Å². The van der Waals surface area contributed by atoms with Crippen LogP contribution in [0.3, 0.4) is 0 Å². The second-order valence-corrected chi connectivity index (χ2v) is 6.75. The quantitative estimate of drug-likeness (QED) is 0.537. The van der Waals surface area contributed by atoms with E-state index in [1.807, 2.05) is 0 Å². The summed E-state index contributed by atoms with van der Waals surface area (Å²) in [6.07, 6.45) is 6.21. The third-order valence-electron chi connectivity index (χ3n) is 2.63. The van der Waals surface area contributed by atoms with Crippen LogP contribution >= 0.6 is 0 Å². The Hall–Kier alpha value is 0.443. The molecule has 2 N–H and O–H groups in total. The van der Waals surface area contributed by atoms with Crippen LogP contribution in [-0.2, 0) is 24.7 Å². The summed E-state index contributed by atoms with van der Waals surface area (Å²) in [5, 5.41) is 12.4. The van der Waals surface area contributed by atoms with Crippen LogP contribution in [0.4, 0.5) is 0 Å². The Morgan fingerprint density at radius 1 is 1.26 bits per heavy atom. The number of hydrogen-bond acceptors (Lipinski definition) is 2. The molecule has 0 unspecified atom stereocenters. The average molecular weight is 382 g/mol. The molecule has 2 nitrogen and oxygen atoms in total. The first-order valence-corrected chi connectivity index (χ1v) is 7.31. The van der Waals surface area contributed by atoms with Gasteiger partial charge in [0.25, 0.3) is 0 Å². The van der Waals surface area contributed by atoms with Gasteiger partial charge in [0.1, 0.15) is 0 Å². The summed E-state index contributed by atoms with van der Waals surface area (Å²) in [4.78, 5) is 0. The predicted octanol–water partition coefficient (Wildman–Crippen LogP) is -3.20. The first-order valence-electron chi connectivity index (χ1n) is 6.08. The van der Waals surface area contributed by atoms with Crippen LogP contribution in [0.2, 0.25) is 0 Å². The van der Waals surface area contributed by atoms with Crippen LogP contribution in [0.5, 0.6) is 0 Å². The zero-order chi connectivity index (χ0) is 13.1. The van der Waals surface area contributed by atoms with Crippen LogP contribution < -0.4 is 30.1 Å². The van der Waals surface area contributed by atoms with Crippen molar-refractivity contribution in [3.8, 4) is 0 Å². The molecule has 0 saturated heterocycles. The molecule has 0 aliphatic heterocycles. The summed E-state index contributed by atoms with van der Waals surface area (Å²) in [6, 6.07) is 0. The van der Waals surface area contributed by atoms with Gasteiger partial charge >= 0.3 is 120 Å². The molecule has 0 radical (unpaired) electrons. The van der Waals surface area contributed by atoms with E-state index in [0.717, 1.165) is 12.8 Å². The standard InChI is InChI=1S/C14H22NO.2ClH.Zr/c1-11(6-5-9-16)12-7-8-13(10-12)15-14(2,3)4;;;/h7-8,15-16H,5-6,9H2,1-4H3;2*1H;/q;;;+2/p-2. The van der Waals surface area contributed by atoms with Gasteiger partial charge in [0, 0.05) is 0 Å². The van der Waals surface area contributed by atoms with Crippen molar-refractivity contribution in [1.82, 2.24) is 5.32 Å². The van der Waals surface area contributed by atoms with Gasteiger partial charge in [-0.25, -0.2) is 0 Å². The van der Waals surface area contributed by atoms with Crippen molar-refractivity contribution >= 4 is 0 Å². The molecule has 0 saturated carbocycles. The van der Waals surface area contributed by atoms with Gasteiger partial charge in [0.05, 0.1) is 0 Å². The minimum absolute atomic E-state index is 0. The fraction of sp³-hybridized carbons (Fsp3) is 0.571. The van der Waals surface area contributed by atoms with E-state index >= 15 is 0 Å². The van der Waals surface area contributed by atoms with E-state index in [9.17, 15) is 0 Å². The first kappa shape index (κ1) is 21.7. The van der Waals surface area contributed by atoms with E-state index in [-0.39, 0.29) is 37.0 Å². The second kappa shape index (κ2) is 9.39. The monoisotopic (exact) mass is 380 g/mol. The van der Waals surface area contributed by atoms with Gasteiger partial charge in [0.15, 0.2) is 0 Å². The van der Waals surface area contributed by atoms with Gasteiger partial charge < -0.3 is 24.8 Å². The van der Waals surface area contributed by atoms with Gasteiger partial charge in [-0.1, -0.05) is 0 Å². The molecule has 0 fully saturated rings. The van der Waals surface area contributed by atoms with Crippen molar-refractivity contribution < 1.29 is 54.6 Å². The summed E-state index contributed by atoms with van der Waals surface area (Å²) in [7, 11) is 0. The number of allylic oxidation sites excluding steroid dienone is 5. The number of nitrogens with one attached hydrogen (secondary N) is 1. The van der Waals surface area contributed by atoms with E-state index in [0.29, 0.717) is 0 Å². The Morgan fingerprint density at radius 3 is 2.32 bits per heavy atom. The first-order chi connectivity index (χ1) is 7.85. The Kier molecular flexibility index (Phi) is 10.7. The minimum Gasteiger partial charge on any atom is -1.00 e. The summed E-state index contributed by atoms with van der Waals surface area (Å²) in [5.41, 5.74) is 4.11. The second-order valence-electron chi connectivity index (χ2n) is 5.52. The molecule has 0 atom stereocenters. The minimum atomic E-state index is 0. The van der Waals surface area contributed by atoms with E-state index in [2.05, 4.69) is 45.2 Å². The van der Waals surface area contributed by atoms with Crippen molar-refractivity contribution in [3.63, 3.8) is 0 Å². The van der Waals surface area contributed by atoms with Crippen LogP contribution in [0.15, 0.2) is 32.3 Å². The molecule has 107 valence electrons. The predicted molar refractivity (Wildman–Crippen MR) is 68.1 cm³/mol. The van der Waals surface area contributed by atoms with E-state index in [4.69, 9.17) is 5.11 Å². The molecule has 1 rings (SSSR count). The van der Waals surface area contributed by atoms with Gasteiger partial charge in [-0.05, 0) is 0 Å². The molecule has 5 heteroatoms. The molecule has 0 aromatic heterocycles. The maximum absolute atomic E-state index is 8.87. The van der Waals surface area contributed by atoms with Crippen LogP contribution in [-0.4, -0.2) is 17.3 Å². The smallest absolute Gasteiger partial charge is 1.00 e. The molecule has 0 heterocycles. The van der Waals surface area contributed by atoms with Crippen molar-refractivity contribution in [2.75, 3.05) is 6.61 Å². The Labute approximate surface area is 144 Å². The summed E-state index contributed by atoms with van der Waals surface area (Å²) in [5.74, 6) is 0. The molecule has 0 bridgehead atoms. The van der Waals surface area contributed by atoms with Crippen molar-refractivity contribution in [2.45, 2.75) is 46.1 Å². The Morgan fingerprint density at radius 2 is 1.84 bits per heavy atom. The molecule has 0 spiro atoms. The number of hydrogen-bond donors (Lipinski definition) is 2. The van der Waals surface area contributed by atoms with E-state index in [1.54, 1.807) is 0 Å². The van der Waals surface area contributed by atoms with Crippen molar-refractivity contribution in [3.05, 3.63) is 32.3 Å². The number of rotatable bonds is 4. The number of aliphatic hydroxyl groups is 1. The van der Waals surface area contributed by atoms with Crippen molar-refractivity contribution in [1.29, 1.82) is 0 Å². The van der Waals surface area contributed by atoms with Crippen LogP contribution in [0, 0.1) is 0 Å². The third kappa shape index (κ3) is 7.13. The summed E-state index contributed by atoms with van der Waals surface area (Å²) < 4.78 is 1.41. The summed E-state index contributed by atoms with van der Waals surface area (Å²) in [6.45, 7) is 8.98. The van der Waals surface area contributed by atoms with Crippen LogP contribution in [0.25, 0.3) is 0 Å². The molecule has 19 heavy (non-hydrogen) atoms. The number of aliphatic hydroxyl groups excluding tert-OH is 1. The van der Waals surface area contributed by atoms with Crippen LogP contribution in [0.1, 0.15) is 40.5 Å². The normalized spacial score (nSPS) is 17.0. The Bertz CT molecular complexity index is 381. The Balaban J connectivity index is 0. The molecule has 0 amide bonds. The molecule has 0 aromatic carbocycles. The maximum Gasteiger partial charge on any atom is -1.00 e. The van der Waals surface area contributed by atoms with Gasteiger partial charge in [0.2, 0.25) is 0 Å². The van der Waals surface area contributed by atoms with Gasteiger partial charge in [-0.3, -0.25) is 0 Å².